The number of anilines is 2. The molecule has 0 saturated carbocycles. The van der Waals surface area contributed by atoms with Crippen LogP contribution >= 0.6 is 0 Å². The van der Waals surface area contributed by atoms with Gasteiger partial charge in [-0.3, -0.25) is 9.59 Å². The van der Waals surface area contributed by atoms with Gasteiger partial charge in [0, 0.05) is 12.6 Å². The monoisotopic (exact) mass is 528 g/mol. The molecule has 0 spiro atoms. The first-order chi connectivity index (χ1) is 17.5. The van der Waals surface area contributed by atoms with Crippen molar-refractivity contribution < 1.29 is 23.1 Å². The molecule has 0 unspecified atom stereocenters. The number of aryl methyl sites for hydroxylation is 1. The van der Waals surface area contributed by atoms with Gasteiger partial charge in [-0.2, -0.15) is 0 Å². The first-order valence-electron chi connectivity index (χ1n) is 13.2. The smallest absolute Gasteiger partial charge is 0.303 e. The van der Waals surface area contributed by atoms with E-state index in [0.29, 0.717) is 30.9 Å². The van der Waals surface area contributed by atoms with E-state index in [4.69, 9.17) is 0 Å². The van der Waals surface area contributed by atoms with Crippen LogP contribution in [0.15, 0.2) is 42.5 Å². The minimum absolute atomic E-state index is 0.0167. The van der Waals surface area contributed by atoms with Gasteiger partial charge < -0.3 is 15.3 Å². The van der Waals surface area contributed by atoms with Crippen molar-refractivity contribution >= 4 is 33.1 Å². The standard InChI is InChI=1S/C29H40N2O5S/c1-5-23(18-29(33)34)24-10-11-27(31(19-20(2)3)25-12-14-37(35,36)15-13-25)26(17-24)30-28(32)16-22-8-6-21(4)7-9-22/h6-11,17,20,23,25H,5,12-16,18-19H2,1-4H3,(H,30,32)(H,33,34)/t23-/m0/s1. The zero-order valence-electron chi connectivity index (χ0n) is 22.4. The summed E-state index contributed by atoms with van der Waals surface area (Å²) in [6, 6.07) is 13.7. The lowest BCUT2D eigenvalue weighted by molar-refractivity contribution is -0.137. The summed E-state index contributed by atoms with van der Waals surface area (Å²) in [5.74, 6) is -0.524. The molecule has 0 bridgehead atoms. The van der Waals surface area contributed by atoms with Crippen LogP contribution in [0.5, 0.6) is 0 Å². The van der Waals surface area contributed by atoms with Crippen molar-refractivity contribution in [1.29, 1.82) is 0 Å². The molecule has 1 amide bonds. The maximum absolute atomic E-state index is 13.2. The number of carbonyl (C=O) groups excluding carboxylic acids is 1. The van der Waals surface area contributed by atoms with E-state index in [1.54, 1.807) is 0 Å². The Kier molecular flexibility index (Phi) is 9.76. The summed E-state index contributed by atoms with van der Waals surface area (Å²) in [6.07, 6.45) is 2.00. The molecule has 2 N–H and O–H groups in total. The molecule has 1 heterocycles. The highest BCUT2D eigenvalue weighted by atomic mass is 32.2. The zero-order valence-corrected chi connectivity index (χ0v) is 23.2. The number of aliphatic carboxylic acids is 1. The number of carboxylic acid groups (broad SMARTS) is 1. The third-order valence-corrected chi connectivity index (χ3v) is 8.72. The number of carboxylic acids is 1. The van der Waals surface area contributed by atoms with Gasteiger partial charge in [-0.25, -0.2) is 8.42 Å². The van der Waals surface area contributed by atoms with Gasteiger partial charge in [-0.05, 0) is 61.3 Å². The van der Waals surface area contributed by atoms with Crippen molar-refractivity contribution in [1.82, 2.24) is 0 Å². The Bertz CT molecular complexity index is 1180. The molecule has 2 aromatic rings. The van der Waals surface area contributed by atoms with Crippen molar-refractivity contribution in [3.63, 3.8) is 0 Å². The molecule has 0 aromatic heterocycles. The second kappa shape index (κ2) is 12.6. The molecule has 37 heavy (non-hydrogen) atoms. The summed E-state index contributed by atoms with van der Waals surface area (Å²) in [7, 11) is -3.01. The molecular weight excluding hydrogens is 488 g/mol. The molecular formula is C29H40N2O5S. The van der Waals surface area contributed by atoms with E-state index in [9.17, 15) is 23.1 Å². The van der Waals surface area contributed by atoms with E-state index in [2.05, 4.69) is 24.1 Å². The van der Waals surface area contributed by atoms with Crippen LogP contribution in [0.3, 0.4) is 0 Å². The maximum atomic E-state index is 13.2. The van der Waals surface area contributed by atoms with E-state index >= 15 is 0 Å². The Hall–Kier alpha value is -2.87. The molecule has 3 rings (SSSR count). The van der Waals surface area contributed by atoms with E-state index in [1.165, 1.54) is 0 Å². The largest absolute Gasteiger partial charge is 0.481 e. The lowest BCUT2D eigenvalue weighted by atomic mass is 9.92. The van der Waals surface area contributed by atoms with Crippen LogP contribution in [0.25, 0.3) is 0 Å². The summed E-state index contributed by atoms with van der Waals surface area (Å²) in [6.45, 7) is 8.93. The summed E-state index contributed by atoms with van der Waals surface area (Å²) in [4.78, 5) is 26.8. The summed E-state index contributed by atoms with van der Waals surface area (Å²) in [5, 5.41) is 12.5. The normalized spacial score (nSPS) is 16.4. The fraction of sp³-hybridized carbons (Fsp3) is 0.517. The van der Waals surface area contributed by atoms with Crippen LogP contribution in [-0.4, -0.2) is 49.5 Å². The molecule has 1 aliphatic rings. The van der Waals surface area contributed by atoms with Gasteiger partial charge in [0.15, 0.2) is 0 Å². The number of sulfone groups is 1. The second-order valence-electron chi connectivity index (χ2n) is 10.6. The first kappa shape index (κ1) is 28.7. The van der Waals surface area contributed by atoms with E-state index in [0.717, 1.165) is 28.9 Å². The number of rotatable bonds is 11. The van der Waals surface area contributed by atoms with Gasteiger partial charge in [0.2, 0.25) is 5.91 Å². The Morgan fingerprint density at radius 1 is 1.08 bits per heavy atom. The summed E-state index contributed by atoms with van der Waals surface area (Å²) < 4.78 is 24.2. The number of benzene rings is 2. The minimum Gasteiger partial charge on any atom is -0.481 e. The molecule has 202 valence electrons. The van der Waals surface area contributed by atoms with E-state index < -0.39 is 15.8 Å². The number of carbonyl (C=O) groups is 2. The number of nitrogens with one attached hydrogen (secondary N) is 1. The van der Waals surface area contributed by atoms with Crippen molar-refractivity contribution in [2.24, 2.45) is 5.92 Å². The van der Waals surface area contributed by atoms with Crippen molar-refractivity contribution in [2.75, 3.05) is 28.3 Å². The second-order valence-corrected chi connectivity index (χ2v) is 12.9. The third-order valence-electron chi connectivity index (χ3n) is 7.00. The fourth-order valence-corrected chi connectivity index (χ4v) is 6.45. The summed E-state index contributed by atoms with van der Waals surface area (Å²) in [5.41, 5.74) is 4.41. The predicted octanol–water partition coefficient (Wildman–Crippen LogP) is 5.18. The van der Waals surface area contributed by atoms with Gasteiger partial charge in [0.25, 0.3) is 0 Å². The molecule has 1 atom stereocenters. The Morgan fingerprint density at radius 2 is 1.73 bits per heavy atom. The number of hydrogen-bond acceptors (Lipinski definition) is 5. The van der Waals surface area contributed by atoms with Crippen molar-refractivity contribution in [3.8, 4) is 0 Å². The first-order valence-corrected chi connectivity index (χ1v) is 15.0. The molecule has 1 aliphatic heterocycles. The maximum Gasteiger partial charge on any atom is 0.303 e. The van der Waals surface area contributed by atoms with Crippen LogP contribution in [0.4, 0.5) is 11.4 Å². The fourth-order valence-electron chi connectivity index (χ4n) is 4.98. The molecule has 7 nitrogen and oxygen atoms in total. The van der Waals surface area contributed by atoms with Crippen LogP contribution < -0.4 is 10.2 Å². The molecule has 8 heteroatoms. The van der Waals surface area contributed by atoms with Crippen molar-refractivity contribution in [3.05, 3.63) is 59.2 Å². The van der Waals surface area contributed by atoms with Gasteiger partial charge >= 0.3 is 5.97 Å². The highest BCUT2D eigenvalue weighted by Gasteiger charge is 2.30. The Balaban J connectivity index is 1.98. The number of nitrogens with zero attached hydrogens (tertiary/aromatic N) is 1. The molecule has 0 aliphatic carbocycles. The van der Waals surface area contributed by atoms with Crippen LogP contribution in [0.1, 0.15) is 69.1 Å². The molecule has 1 fully saturated rings. The Labute approximate surface area is 221 Å². The summed E-state index contributed by atoms with van der Waals surface area (Å²) >= 11 is 0. The average Bonchev–Trinajstić information content (AvgIpc) is 2.82. The van der Waals surface area contributed by atoms with Crippen LogP contribution in [0.2, 0.25) is 0 Å². The zero-order chi connectivity index (χ0) is 27.2. The van der Waals surface area contributed by atoms with Gasteiger partial charge in [0.05, 0.1) is 35.7 Å². The SMILES string of the molecule is CC[C@@H](CC(=O)O)c1ccc(N(CC(C)C)C2CCS(=O)(=O)CC2)c(NC(=O)Cc2ccc(C)cc2)c1. The van der Waals surface area contributed by atoms with Crippen LogP contribution in [-0.2, 0) is 25.8 Å². The highest BCUT2D eigenvalue weighted by molar-refractivity contribution is 7.91. The minimum atomic E-state index is -3.01. The van der Waals surface area contributed by atoms with Gasteiger partial charge in [-0.1, -0.05) is 56.7 Å². The predicted molar refractivity (Wildman–Crippen MR) is 149 cm³/mol. The highest BCUT2D eigenvalue weighted by Crippen LogP contribution is 2.36. The van der Waals surface area contributed by atoms with E-state index in [1.807, 2.05) is 56.3 Å². The Morgan fingerprint density at radius 3 is 2.30 bits per heavy atom. The molecule has 2 aromatic carbocycles. The van der Waals surface area contributed by atoms with Gasteiger partial charge in [-0.15, -0.1) is 0 Å². The van der Waals surface area contributed by atoms with Gasteiger partial charge in [0.1, 0.15) is 9.84 Å². The lowest BCUT2D eigenvalue weighted by Crippen LogP contribution is -2.43. The average molecular weight is 529 g/mol. The third kappa shape index (κ3) is 8.32. The van der Waals surface area contributed by atoms with E-state index in [-0.39, 0.29) is 42.2 Å². The van der Waals surface area contributed by atoms with Crippen LogP contribution in [0, 0.1) is 12.8 Å². The number of amides is 1. The number of hydrogen-bond donors (Lipinski definition) is 2. The lowest BCUT2D eigenvalue weighted by Gasteiger charge is -2.38. The van der Waals surface area contributed by atoms with Crippen molar-refractivity contribution in [2.45, 2.75) is 71.8 Å². The quantitative estimate of drug-likeness (QED) is 0.416. The molecule has 0 radical (unpaired) electrons. The molecule has 1 saturated heterocycles. The topological polar surface area (TPSA) is 104 Å².